The Bertz CT molecular complexity index is 564. The molecule has 0 spiro atoms. The summed E-state index contributed by atoms with van der Waals surface area (Å²) in [6.45, 7) is 4.26. The Balaban J connectivity index is 2.02. The molecule has 0 saturated carbocycles. The SMILES string of the molecule is CC(C)[C@H](NCc1cnn(-c2ccccc2)c1)C(=O)O. The van der Waals surface area contributed by atoms with Gasteiger partial charge in [0.2, 0.25) is 0 Å². The molecule has 2 rings (SSSR count). The average molecular weight is 273 g/mol. The molecule has 0 aliphatic rings. The highest BCUT2D eigenvalue weighted by molar-refractivity contribution is 5.73. The Labute approximate surface area is 118 Å². The molecule has 0 radical (unpaired) electrons. The fraction of sp³-hybridized carbons (Fsp3) is 0.333. The van der Waals surface area contributed by atoms with Gasteiger partial charge in [-0.1, -0.05) is 32.0 Å². The summed E-state index contributed by atoms with van der Waals surface area (Å²) in [5.74, 6) is -0.785. The number of hydrogen-bond acceptors (Lipinski definition) is 3. The minimum Gasteiger partial charge on any atom is -0.480 e. The average Bonchev–Trinajstić information content (AvgIpc) is 2.88. The zero-order chi connectivity index (χ0) is 14.5. The lowest BCUT2D eigenvalue weighted by atomic mass is 10.0. The lowest BCUT2D eigenvalue weighted by molar-refractivity contribution is -0.140. The molecule has 0 aliphatic carbocycles. The maximum Gasteiger partial charge on any atom is 0.320 e. The van der Waals surface area contributed by atoms with Crippen LogP contribution in [0.1, 0.15) is 19.4 Å². The number of aliphatic carboxylic acids is 1. The van der Waals surface area contributed by atoms with E-state index in [0.29, 0.717) is 6.54 Å². The van der Waals surface area contributed by atoms with Crippen molar-refractivity contribution in [3.8, 4) is 5.69 Å². The first-order chi connectivity index (χ1) is 9.58. The van der Waals surface area contributed by atoms with Crippen molar-refractivity contribution in [2.24, 2.45) is 5.92 Å². The molecule has 0 aliphatic heterocycles. The summed E-state index contributed by atoms with van der Waals surface area (Å²) >= 11 is 0. The van der Waals surface area contributed by atoms with E-state index >= 15 is 0 Å². The Kier molecular flexibility index (Phi) is 4.53. The van der Waals surface area contributed by atoms with E-state index in [2.05, 4.69) is 10.4 Å². The first kappa shape index (κ1) is 14.3. The highest BCUT2D eigenvalue weighted by Crippen LogP contribution is 2.09. The number of rotatable bonds is 6. The van der Waals surface area contributed by atoms with Crippen molar-refractivity contribution >= 4 is 5.97 Å². The molecular weight excluding hydrogens is 254 g/mol. The summed E-state index contributed by atoms with van der Waals surface area (Å²) in [6.07, 6.45) is 3.65. The number of carboxylic acids is 1. The molecule has 1 aromatic heterocycles. The zero-order valence-corrected chi connectivity index (χ0v) is 11.7. The summed E-state index contributed by atoms with van der Waals surface area (Å²) in [5, 5.41) is 16.5. The third-order valence-electron chi connectivity index (χ3n) is 3.12. The van der Waals surface area contributed by atoms with Gasteiger partial charge in [-0.15, -0.1) is 0 Å². The van der Waals surface area contributed by atoms with E-state index in [1.165, 1.54) is 0 Å². The first-order valence-electron chi connectivity index (χ1n) is 6.63. The van der Waals surface area contributed by atoms with Crippen molar-refractivity contribution in [1.29, 1.82) is 0 Å². The Morgan fingerprint density at radius 3 is 2.65 bits per heavy atom. The number of para-hydroxylation sites is 1. The molecule has 5 nitrogen and oxygen atoms in total. The highest BCUT2D eigenvalue weighted by Gasteiger charge is 2.20. The van der Waals surface area contributed by atoms with Crippen molar-refractivity contribution in [3.05, 3.63) is 48.3 Å². The molecular formula is C15H19N3O2. The van der Waals surface area contributed by atoms with Crippen LogP contribution < -0.4 is 5.32 Å². The highest BCUT2D eigenvalue weighted by atomic mass is 16.4. The fourth-order valence-corrected chi connectivity index (χ4v) is 2.01. The van der Waals surface area contributed by atoms with Gasteiger partial charge in [0.25, 0.3) is 0 Å². The number of carboxylic acid groups (broad SMARTS) is 1. The zero-order valence-electron chi connectivity index (χ0n) is 11.7. The number of nitrogens with zero attached hydrogens (tertiary/aromatic N) is 2. The minimum absolute atomic E-state index is 0.0386. The van der Waals surface area contributed by atoms with Crippen LogP contribution in [-0.4, -0.2) is 26.9 Å². The summed E-state index contributed by atoms with van der Waals surface area (Å²) in [6, 6.07) is 9.25. The molecule has 1 atom stereocenters. The predicted molar refractivity (Wildman–Crippen MR) is 76.7 cm³/mol. The molecule has 0 unspecified atom stereocenters. The van der Waals surface area contributed by atoms with E-state index in [1.54, 1.807) is 10.9 Å². The number of nitrogens with one attached hydrogen (secondary N) is 1. The van der Waals surface area contributed by atoms with Gasteiger partial charge >= 0.3 is 5.97 Å². The van der Waals surface area contributed by atoms with Crippen LogP contribution in [-0.2, 0) is 11.3 Å². The van der Waals surface area contributed by atoms with Crippen molar-refractivity contribution in [2.45, 2.75) is 26.4 Å². The molecule has 0 fully saturated rings. The summed E-state index contributed by atoms with van der Waals surface area (Å²) in [4.78, 5) is 11.1. The van der Waals surface area contributed by atoms with E-state index in [4.69, 9.17) is 5.11 Å². The second-order valence-corrected chi connectivity index (χ2v) is 5.07. The molecule has 1 aromatic carbocycles. The van der Waals surface area contributed by atoms with Crippen LogP contribution in [0.2, 0.25) is 0 Å². The Hall–Kier alpha value is -2.14. The van der Waals surface area contributed by atoms with Gasteiger partial charge in [0.1, 0.15) is 6.04 Å². The Morgan fingerprint density at radius 1 is 1.35 bits per heavy atom. The third kappa shape index (κ3) is 3.45. The molecule has 106 valence electrons. The maximum atomic E-state index is 11.1. The molecule has 5 heteroatoms. The van der Waals surface area contributed by atoms with E-state index < -0.39 is 12.0 Å². The van der Waals surface area contributed by atoms with Crippen LogP contribution in [0.15, 0.2) is 42.7 Å². The quantitative estimate of drug-likeness (QED) is 0.845. The van der Waals surface area contributed by atoms with Gasteiger partial charge < -0.3 is 5.11 Å². The second kappa shape index (κ2) is 6.34. The lowest BCUT2D eigenvalue weighted by Crippen LogP contribution is -2.40. The van der Waals surface area contributed by atoms with Gasteiger partial charge in [0.15, 0.2) is 0 Å². The molecule has 20 heavy (non-hydrogen) atoms. The largest absolute Gasteiger partial charge is 0.480 e. The lowest BCUT2D eigenvalue weighted by Gasteiger charge is -2.17. The molecule has 2 N–H and O–H groups in total. The van der Waals surface area contributed by atoms with Crippen LogP contribution in [0, 0.1) is 5.92 Å². The van der Waals surface area contributed by atoms with Crippen LogP contribution in [0.3, 0.4) is 0 Å². The summed E-state index contributed by atoms with van der Waals surface area (Å²) in [7, 11) is 0. The van der Waals surface area contributed by atoms with Crippen molar-refractivity contribution in [1.82, 2.24) is 15.1 Å². The van der Waals surface area contributed by atoms with Gasteiger partial charge in [-0.25, -0.2) is 4.68 Å². The maximum absolute atomic E-state index is 11.1. The van der Waals surface area contributed by atoms with Gasteiger partial charge in [-0.05, 0) is 18.1 Å². The Morgan fingerprint density at radius 2 is 2.05 bits per heavy atom. The topological polar surface area (TPSA) is 67.2 Å². The van der Waals surface area contributed by atoms with E-state index in [9.17, 15) is 4.79 Å². The number of benzene rings is 1. The van der Waals surface area contributed by atoms with Crippen LogP contribution >= 0.6 is 0 Å². The first-order valence-corrected chi connectivity index (χ1v) is 6.63. The minimum atomic E-state index is -0.824. The van der Waals surface area contributed by atoms with Gasteiger partial charge in [-0.2, -0.15) is 5.10 Å². The van der Waals surface area contributed by atoms with Crippen LogP contribution in [0.25, 0.3) is 5.69 Å². The number of aromatic nitrogens is 2. The molecule has 0 amide bonds. The molecule has 1 heterocycles. The van der Waals surface area contributed by atoms with Gasteiger partial charge in [0, 0.05) is 18.3 Å². The third-order valence-corrected chi connectivity index (χ3v) is 3.12. The number of carbonyl (C=O) groups is 1. The summed E-state index contributed by atoms with van der Waals surface area (Å²) in [5.41, 5.74) is 1.94. The van der Waals surface area contributed by atoms with Crippen LogP contribution in [0.5, 0.6) is 0 Å². The smallest absolute Gasteiger partial charge is 0.320 e. The van der Waals surface area contributed by atoms with Crippen LogP contribution in [0.4, 0.5) is 0 Å². The molecule has 0 bridgehead atoms. The van der Waals surface area contributed by atoms with E-state index in [1.807, 2.05) is 50.4 Å². The van der Waals surface area contributed by atoms with E-state index in [-0.39, 0.29) is 5.92 Å². The normalized spacial score (nSPS) is 12.6. The number of hydrogen-bond donors (Lipinski definition) is 2. The van der Waals surface area contributed by atoms with E-state index in [0.717, 1.165) is 11.3 Å². The van der Waals surface area contributed by atoms with Crippen molar-refractivity contribution in [3.63, 3.8) is 0 Å². The fourth-order valence-electron chi connectivity index (χ4n) is 2.01. The molecule has 0 saturated heterocycles. The predicted octanol–water partition coefficient (Wildman–Crippen LogP) is 2.07. The van der Waals surface area contributed by atoms with Gasteiger partial charge in [-0.3, -0.25) is 10.1 Å². The van der Waals surface area contributed by atoms with Crippen molar-refractivity contribution < 1.29 is 9.90 Å². The standard InChI is InChI=1S/C15H19N3O2/c1-11(2)14(15(19)20)16-8-12-9-17-18(10-12)13-6-4-3-5-7-13/h3-7,9-11,14,16H,8H2,1-2H3,(H,19,20)/t14-/m0/s1. The molecule has 2 aromatic rings. The van der Waals surface area contributed by atoms with Gasteiger partial charge in [0.05, 0.1) is 11.9 Å². The summed E-state index contributed by atoms with van der Waals surface area (Å²) < 4.78 is 1.78. The second-order valence-electron chi connectivity index (χ2n) is 5.07. The van der Waals surface area contributed by atoms with Crippen molar-refractivity contribution in [2.75, 3.05) is 0 Å². The monoisotopic (exact) mass is 273 g/mol.